The molecule has 3 rings (SSSR count). The first-order valence-electron chi connectivity index (χ1n) is 8.30. The number of hydrogen-bond acceptors (Lipinski definition) is 5. The number of rotatable bonds is 6. The lowest BCUT2D eigenvalue weighted by atomic mass is 10.0. The molecule has 3 aromatic carbocycles. The minimum absolute atomic E-state index is 0.195. The van der Waals surface area contributed by atoms with Gasteiger partial charge in [-0.2, -0.15) is 0 Å². The normalized spacial score (nSPS) is 10.3. The van der Waals surface area contributed by atoms with Gasteiger partial charge in [0.25, 0.3) is 0 Å². The minimum Gasteiger partial charge on any atom is -0.508 e. The van der Waals surface area contributed by atoms with Crippen molar-refractivity contribution in [3.8, 4) is 22.6 Å². The van der Waals surface area contributed by atoms with E-state index in [-0.39, 0.29) is 18.1 Å². The number of esters is 1. The van der Waals surface area contributed by atoms with Gasteiger partial charge in [0.05, 0.1) is 12.7 Å². The number of phenols is 1. The third kappa shape index (κ3) is 4.52. The number of Topliss-reactive ketones (excluding diaryl/α,β-unsaturated/α-hetero) is 1. The molecule has 0 radical (unpaired) electrons. The first-order chi connectivity index (χ1) is 13.1. The quantitative estimate of drug-likeness (QED) is 0.528. The highest BCUT2D eigenvalue weighted by Gasteiger charge is 2.12. The average Bonchev–Trinajstić information content (AvgIpc) is 2.72. The van der Waals surface area contributed by atoms with E-state index in [0.29, 0.717) is 16.9 Å². The molecular weight excluding hydrogens is 344 g/mol. The fraction of sp³-hybridized carbons (Fsp3) is 0.0909. The van der Waals surface area contributed by atoms with Gasteiger partial charge in [-0.05, 0) is 59.7 Å². The van der Waals surface area contributed by atoms with Gasteiger partial charge in [0, 0.05) is 5.56 Å². The number of carbonyl (C=O) groups excluding carboxylic acids is 2. The Balaban J connectivity index is 1.60. The molecule has 0 heterocycles. The Morgan fingerprint density at radius 1 is 0.778 bits per heavy atom. The van der Waals surface area contributed by atoms with E-state index in [9.17, 15) is 14.7 Å². The Hall–Kier alpha value is -3.60. The van der Waals surface area contributed by atoms with E-state index in [1.54, 1.807) is 79.9 Å². The largest absolute Gasteiger partial charge is 0.508 e. The van der Waals surface area contributed by atoms with Gasteiger partial charge in [-0.15, -0.1) is 0 Å². The molecule has 0 saturated carbocycles. The molecule has 0 amide bonds. The van der Waals surface area contributed by atoms with Crippen LogP contribution in [0, 0.1) is 0 Å². The summed E-state index contributed by atoms with van der Waals surface area (Å²) in [6.45, 7) is -0.328. The van der Waals surface area contributed by atoms with Crippen molar-refractivity contribution in [3.05, 3.63) is 83.9 Å². The molecule has 0 spiro atoms. The van der Waals surface area contributed by atoms with Crippen LogP contribution in [0.5, 0.6) is 11.5 Å². The number of benzene rings is 3. The summed E-state index contributed by atoms with van der Waals surface area (Å²) in [4.78, 5) is 24.3. The second kappa shape index (κ2) is 8.19. The van der Waals surface area contributed by atoms with Gasteiger partial charge in [0.15, 0.2) is 12.4 Å². The molecule has 27 heavy (non-hydrogen) atoms. The van der Waals surface area contributed by atoms with E-state index < -0.39 is 5.97 Å². The highest BCUT2D eigenvalue weighted by Crippen LogP contribution is 2.22. The first kappa shape index (κ1) is 18.2. The van der Waals surface area contributed by atoms with E-state index in [1.807, 2.05) is 0 Å². The summed E-state index contributed by atoms with van der Waals surface area (Å²) in [5, 5.41) is 9.34. The minimum atomic E-state index is -0.561. The van der Waals surface area contributed by atoms with Crippen molar-refractivity contribution in [1.82, 2.24) is 0 Å². The predicted molar refractivity (Wildman–Crippen MR) is 101 cm³/mol. The molecular formula is C22H18O5. The van der Waals surface area contributed by atoms with Gasteiger partial charge < -0.3 is 14.6 Å². The molecule has 0 fully saturated rings. The second-order valence-electron chi connectivity index (χ2n) is 5.85. The molecule has 0 unspecified atom stereocenters. The molecule has 0 atom stereocenters. The van der Waals surface area contributed by atoms with Crippen LogP contribution in [0.3, 0.4) is 0 Å². The van der Waals surface area contributed by atoms with Gasteiger partial charge in [-0.1, -0.05) is 24.3 Å². The Morgan fingerprint density at radius 2 is 1.30 bits per heavy atom. The van der Waals surface area contributed by atoms with Crippen molar-refractivity contribution in [2.45, 2.75) is 0 Å². The van der Waals surface area contributed by atoms with Crippen molar-refractivity contribution in [2.24, 2.45) is 0 Å². The molecule has 0 bridgehead atoms. The molecule has 0 aliphatic rings. The maximum atomic E-state index is 12.1. The molecule has 5 heteroatoms. The predicted octanol–water partition coefficient (Wildman–Crippen LogP) is 4.11. The number of phenolic OH excluding ortho intramolecular Hbond substituents is 1. The summed E-state index contributed by atoms with van der Waals surface area (Å²) in [5.74, 6) is -0.00132. The van der Waals surface area contributed by atoms with Crippen LogP contribution in [-0.2, 0) is 4.74 Å². The molecule has 0 aliphatic heterocycles. The van der Waals surface area contributed by atoms with Gasteiger partial charge in [-0.3, -0.25) is 4.79 Å². The maximum Gasteiger partial charge on any atom is 0.338 e. The molecule has 3 aromatic rings. The van der Waals surface area contributed by atoms with Gasteiger partial charge >= 0.3 is 5.97 Å². The van der Waals surface area contributed by atoms with Crippen LogP contribution in [0.1, 0.15) is 20.7 Å². The number of ether oxygens (including phenoxy) is 2. The molecule has 0 saturated heterocycles. The van der Waals surface area contributed by atoms with Crippen molar-refractivity contribution < 1.29 is 24.2 Å². The standard InChI is InChI=1S/C22H18O5/c1-26-20-12-8-17(9-13-20)21(24)14-27-22(25)18-4-2-15(3-5-18)16-6-10-19(23)11-7-16/h2-13,23H,14H2,1H3. The SMILES string of the molecule is COc1ccc(C(=O)COC(=O)c2ccc(-c3ccc(O)cc3)cc2)cc1. The lowest BCUT2D eigenvalue weighted by molar-refractivity contribution is 0.0475. The third-order valence-corrected chi connectivity index (χ3v) is 4.07. The Morgan fingerprint density at radius 3 is 1.85 bits per heavy atom. The summed E-state index contributed by atoms with van der Waals surface area (Å²) in [6.07, 6.45) is 0. The number of ketones is 1. The topological polar surface area (TPSA) is 72.8 Å². The van der Waals surface area contributed by atoms with Crippen LogP contribution in [0.2, 0.25) is 0 Å². The number of hydrogen-bond donors (Lipinski definition) is 1. The molecule has 136 valence electrons. The maximum absolute atomic E-state index is 12.1. The van der Waals surface area contributed by atoms with Crippen LogP contribution in [0.15, 0.2) is 72.8 Å². The monoisotopic (exact) mass is 362 g/mol. The summed E-state index contributed by atoms with van der Waals surface area (Å²) >= 11 is 0. The second-order valence-corrected chi connectivity index (χ2v) is 5.85. The fourth-order valence-corrected chi connectivity index (χ4v) is 2.53. The third-order valence-electron chi connectivity index (χ3n) is 4.07. The van der Waals surface area contributed by atoms with E-state index in [1.165, 1.54) is 0 Å². The summed E-state index contributed by atoms with van der Waals surface area (Å²) in [7, 11) is 1.55. The Kier molecular flexibility index (Phi) is 5.52. The van der Waals surface area contributed by atoms with Gasteiger partial charge in [0.2, 0.25) is 0 Å². The zero-order chi connectivity index (χ0) is 19.2. The number of methoxy groups -OCH3 is 1. The molecule has 5 nitrogen and oxygen atoms in total. The number of carbonyl (C=O) groups is 2. The van der Waals surface area contributed by atoms with Crippen molar-refractivity contribution >= 4 is 11.8 Å². The van der Waals surface area contributed by atoms with Crippen LogP contribution in [0.4, 0.5) is 0 Å². The molecule has 0 aliphatic carbocycles. The van der Waals surface area contributed by atoms with E-state index >= 15 is 0 Å². The van der Waals surface area contributed by atoms with E-state index in [4.69, 9.17) is 9.47 Å². The fourth-order valence-electron chi connectivity index (χ4n) is 2.53. The first-order valence-corrected chi connectivity index (χ1v) is 8.30. The van der Waals surface area contributed by atoms with E-state index in [2.05, 4.69) is 0 Å². The van der Waals surface area contributed by atoms with E-state index in [0.717, 1.165) is 11.1 Å². The van der Waals surface area contributed by atoms with Crippen LogP contribution < -0.4 is 4.74 Å². The van der Waals surface area contributed by atoms with Crippen molar-refractivity contribution in [3.63, 3.8) is 0 Å². The summed E-state index contributed by atoms with van der Waals surface area (Å²) < 4.78 is 10.2. The Bertz CT molecular complexity index is 926. The van der Waals surface area contributed by atoms with Crippen LogP contribution in [-0.4, -0.2) is 30.6 Å². The van der Waals surface area contributed by atoms with Crippen LogP contribution in [0.25, 0.3) is 11.1 Å². The number of aromatic hydroxyl groups is 1. The zero-order valence-electron chi connectivity index (χ0n) is 14.7. The highest BCUT2D eigenvalue weighted by molar-refractivity contribution is 5.99. The molecule has 0 aromatic heterocycles. The van der Waals surface area contributed by atoms with Crippen molar-refractivity contribution in [1.29, 1.82) is 0 Å². The Labute approximate surface area is 156 Å². The summed E-state index contributed by atoms with van der Waals surface area (Å²) in [6, 6.07) is 20.2. The van der Waals surface area contributed by atoms with Crippen LogP contribution >= 0.6 is 0 Å². The molecule has 1 N–H and O–H groups in total. The van der Waals surface area contributed by atoms with Gasteiger partial charge in [0.1, 0.15) is 11.5 Å². The lowest BCUT2D eigenvalue weighted by Crippen LogP contribution is -2.14. The average molecular weight is 362 g/mol. The smallest absolute Gasteiger partial charge is 0.338 e. The van der Waals surface area contributed by atoms with Gasteiger partial charge in [-0.25, -0.2) is 4.79 Å². The lowest BCUT2D eigenvalue weighted by Gasteiger charge is -2.07. The zero-order valence-corrected chi connectivity index (χ0v) is 14.7. The van der Waals surface area contributed by atoms with Crippen molar-refractivity contribution in [2.75, 3.05) is 13.7 Å². The summed E-state index contributed by atoms with van der Waals surface area (Å²) in [5.41, 5.74) is 2.63. The highest BCUT2D eigenvalue weighted by atomic mass is 16.5.